The average Bonchev–Trinajstić information content (AvgIpc) is 3.49. The van der Waals surface area contributed by atoms with Gasteiger partial charge in [-0.25, -0.2) is 19.6 Å². The largest absolute Gasteiger partial charge is 0.444 e. The average molecular weight is 801 g/mol. The number of likely N-dealkylation sites (N-methyl/N-ethyl adjacent to an activating group) is 1. The van der Waals surface area contributed by atoms with Crippen molar-refractivity contribution in [2.45, 2.75) is 143 Å². The molecule has 0 bridgehead atoms. The zero-order valence-corrected chi connectivity index (χ0v) is 36.0. The Kier molecular flexibility index (Phi) is 25.2. The summed E-state index contributed by atoms with van der Waals surface area (Å²) in [5, 5.41) is 22.2. The number of thiazole rings is 1. The van der Waals surface area contributed by atoms with Gasteiger partial charge in [0.1, 0.15) is 17.2 Å². The third-order valence-electron chi connectivity index (χ3n) is 7.38. The predicted molar refractivity (Wildman–Crippen MR) is 224 cm³/mol. The monoisotopic (exact) mass is 800 g/mol. The van der Waals surface area contributed by atoms with Crippen molar-refractivity contribution in [1.82, 2.24) is 20.7 Å². The van der Waals surface area contributed by atoms with Gasteiger partial charge in [-0.15, -0.1) is 11.3 Å². The normalized spacial score (nSPS) is 12.0. The SMILES string of the molecule is CCC(=N)CCCC[C@H](NC(=O)OC(C)(C)C)C(=O)N(C)OC.CCC(=N)CCCC[C@H](NC(=O)OC(C)(C)C)C(=O)c1nc2ccccc2s1.S.S. The predicted octanol–water partition coefficient (Wildman–Crippen LogP) is 8.48. The van der Waals surface area contributed by atoms with Crippen LogP contribution in [0.2, 0.25) is 0 Å². The van der Waals surface area contributed by atoms with Gasteiger partial charge in [-0.1, -0.05) is 38.8 Å². The molecular formula is C37H64N6O7S3. The van der Waals surface area contributed by atoms with Crippen molar-refractivity contribution in [3.63, 3.8) is 0 Å². The number of hydroxylamine groups is 2. The number of nitrogens with zero attached hydrogens (tertiary/aromatic N) is 2. The summed E-state index contributed by atoms with van der Waals surface area (Å²) in [4.78, 5) is 58.7. The number of fused-ring (bicyclic) bond motifs is 1. The topological polar surface area (TPSA) is 184 Å². The number of unbranched alkanes of at least 4 members (excludes halogenated alkanes) is 2. The maximum atomic E-state index is 13.0. The summed E-state index contributed by atoms with van der Waals surface area (Å²) in [5.41, 5.74) is 0.921. The fourth-order valence-corrected chi connectivity index (χ4v) is 5.55. The number of carbonyl (C=O) groups excluding carboxylic acids is 4. The van der Waals surface area contributed by atoms with Gasteiger partial charge in [0, 0.05) is 18.5 Å². The first kappa shape index (κ1) is 51.9. The number of rotatable bonds is 18. The number of benzene rings is 1. The van der Waals surface area contributed by atoms with Crippen LogP contribution in [-0.2, 0) is 19.1 Å². The molecule has 1 aromatic heterocycles. The highest BCUT2D eigenvalue weighted by Crippen LogP contribution is 2.24. The minimum absolute atomic E-state index is 0. The molecule has 0 fully saturated rings. The number of aromatic nitrogens is 1. The van der Waals surface area contributed by atoms with Gasteiger partial charge in [-0.3, -0.25) is 14.4 Å². The van der Waals surface area contributed by atoms with Crippen molar-refractivity contribution in [2.24, 2.45) is 0 Å². The number of hydrogen-bond acceptors (Lipinski definition) is 11. The van der Waals surface area contributed by atoms with Crippen LogP contribution in [-0.4, -0.2) is 82.8 Å². The Balaban J connectivity index is 0. The minimum atomic E-state index is -0.703. The van der Waals surface area contributed by atoms with Crippen LogP contribution in [0.15, 0.2) is 24.3 Å². The zero-order chi connectivity index (χ0) is 38.8. The molecule has 1 aromatic carbocycles. The van der Waals surface area contributed by atoms with Crippen LogP contribution >= 0.6 is 38.3 Å². The van der Waals surface area contributed by atoms with Crippen molar-refractivity contribution in [3.05, 3.63) is 29.3 Å². The second-order valence-electron chi connectivity index (χ2n) is 14.2. The summed E-state index contributed by atoms with van der Waals surface area (Å²) in [5.74, 6) is -0.526. The summed E-state index contributed by atoms with van der Waals surface area (Å²) in [7, 11) is 2.89. The lowest BCUT2D eigenvalue weighted by atomic mass is 10.0. The number of para-hydroxylation sites is 1. The zero-order valence-electron chi connectivity index (χ0n) is 33.2. The summed E-state index contributed by atoms with van der Waals surface area (Å²) < 4.78 is 11.5. The van der Waals surface area contributed by atoms with E-state index in [9.17, 15) is 19.2 Å². The van der Waals surface area contributed by atoms with Gasteiger partial charge in [-0.05, 0) is 105 Å². The number of hydrogen-bond donors (Lipinski definition) is 4. The van der Waals surface area contributed by atoms with E-state index >= 15 is 0 Å². The second kappa shape index (κ2) is 25.7. The van der Waals surface area contributed by atoms with Crippen LogP contribution in [0.25, 0.3) is 10.2 Å². The van der Waals surface area contributed by atoms with E-state index in [0.717, 1.165) is 53.8 Å². The Labute approximate surface area is 333 Å². The third-order valence-corrected chi connectivity index (χ3v) is 8.43. The fourth-order valence-electron chi connectivity index (χ4n) is 4.59. The fraction of sp³-hybridized carbons (Fsp3) is 0.649. The van der Waals surface area contributed by atoms with Crippen LogP contribution in [0.3, 0.4) is 0 Å². The molecule has 0 aliphatic rings. The standard InChI is InChI=1S/C21H29N3O3S.C16H31N3O4.2H2S/c1-5-14(22)10-6-7-12-16(24-20(26)27-21(2,3)4)18(25)19-23-15-11-8-9-13-17(15)28-19;1-7-12(17)10-8-9-11-13(14(20)19(5)22-6)18-15(21)23-16(2,3)4;;/h8-9,11,13,16,22H,5-7,10,12H2,1-4H3,(H,24,26);13,17H,7-11H2,1-6H3,(H,18,21);2*1H2/t16-;13-;;/m00../s1. The molecule has 2 atom stereocenters. The van der Waals surface area contributed by atoms with Gasteiger partial charge in [0.2, 0.25) is 5.78 Å². The first-order valence-electron chi connectivity index (χ1n) is 17.6. The quantitative estimate of drug-likeness (QED) is 0.0501. The molecular weight excluding hydrogens is 737 g/mol. The Bertz CT molecular complexity index is 1420. The molecule has 0 unspecified atom stereocenters. The van der Waals surface area contributed by atoms with E-state index in [4.69, 9.17) is 25.1 Å². The highest BCUT2D eigenvalue weighted by Gasteiger charge is 2.28. The van der Waals surface area contributed by atoms with Crippen molar-refractivity contribution in [2.75, 3.05) is 14.2 Å². The van der Waals surface area contributed by atoms with Crippen LogP contribution in [0.5, 0.6) is 0 Å². The van der Waals surface area contributed by atoms with E-state index in [1.165, 1.54) is 25.5 Å². The van der Waals surface area contributed by atoms with Gasteiger partial charge in [-0.2, -0.15) is 27.0 Å². The van der Waals surface area contributed by atoms with E-state index in [2.05, 4.69) is 15.6 Å². The molecule has 13 nitrogen and oxygen atoms in total. The van der Waals surface area contributed by atoms with E-state index in [0.29, 0.717) is 42.1 Å². The van der Waals surface area contributed by atoms with Crippen LogP contribution in [0.4, 0.5) is 9.59 Å². The Morgan fingerprint density at radius 3 is 1.68 bits per heavy atom. The molecule has 0 saturated heterocycles. The van der Waals surface area contributed by atoms with Gasteiger partial charge in [0.25, 0.3) is 5.91 Å². The number of carbonyl (C=O) groups is 4. The lowest BCUT2D eigenvalue weighted by molar-refractivity contribution is -0.171. The summed E-state index contributed by atoms with van der Waals surface area (Å²) in [6.45, 7) is 14.6. The Morgan fingerprint density at radius 1 is 0.792 bits per heavy atom. The van der Waals surface area contributed by atoms with E-state index in [-0.39, 0.29) is 38.7 Å². The minimum Gasteiger partial charge on any atom is -0.444 e. The molecule has 0 spiro atoms. The van der Waals surface area contributed by atoms with Crippen molar-refractivity contribution in [3.8, 4) is 0 Å². The van der Waals surface area contributed by atoms with Crippen molar-refractivity contribution in [1.29, 1.82) is 10.8 Å². The van der Waals surface area contributed by atoms with Crippen molar-refractivity contribution < 1.29 is 33.5 Å². The molecule has 0 saturated carbocycles. The third kappa shape index (κ3) is 21.9. The number of ether oxygens (including phenoxy) is 2. The van der Waals surface area contributed by atoms with Crippen LogP contribution < -0.4 is 10.6 Å². The molecule has 16 heteroatoms. The lowest BCUT2D eigenvalue weighted by Crippen LogP contribution is -2.48. The number of Topliss-reactive ketones (excluding diaryl/α,β-unsaturated/α-hetero) is 1. The van der Waals surface area contributed by atoms with Crippen LogP contribution in [0, 0.1) is 10.8 Å². The highest BCUT2D eigenvalue weighted by molar-refractivity contribution is 7.59. The van der Waals surface area contributed by atoms with Gasteiger partial charge in [0.05, 0.1) is 23.4 Å². The first-order chi connectivity index (χ1) is 23.8. The van der Waals surface area contributed by atoms with Crippen LogP contribution in [0.1, 0.15) is 129 Å². The smallest absolute Gasteiger partial charge is 0.408 e. The molecule has 0 aliphatic carbocycles. The van der Waals surface area contributed by atoms with Gasteiger partial charge < -0.3 is 30.9 Å². The molecule has 0 radical (unpaired) electrons. The Morgan fingerprint density at radius 2 is 1.25 bits per heavy atom. The summed E-state index contributed by atoms with van der Waals surface area (Å²) in [6.07, 6.45) is 5.73. The molecule has 1 heterocycles. The summed E-state index contributed by atoms with van der Waals surface area (Å²) >= 11 is 1.33. The number of ketones is 1. The number of alkyl carbamates (subject to hydrolysis) is 2. The van der Waals surface area contributed by atoms with E-state index in [1.54, 1.807) is 41.5 Å². The van der Waals surface area contributed by atoms with Gasteiger partial charge in [0.15, 0.2) is 5.01 Å². The molecule has 0 aliphatic heterocycles. The van der Waals surface area contributed by atoms with E-state index < -0.39 is 35.5 Å². The maximum Gasteiger partial charge on any atom is 0.408 e. The number of amides is 3. The molecule has 53 heavy (non-hydrogen) atoms. The second-order valence-corrected chi connectivity index (χ2v) is 15.2. The molecule has 302 valence electrons. The maximum absolute atomic E-state index is 13.0. The van der Waals surface area contributed by atoms with Crippen molar-refractivity contribution >= 4 is 83.8 Å². The van der Waals surface area contributed by atoms with E-state index in [1.807, 2.05) is 38.1 Å². The Hall–Kier alpha value is -3.21. The highest BCUT2D eigenvalue weighted by atomic mass is 32.1. The molecule has 2 aromatic rings. The molecule has 3 amide bonds. The number of nitrogens with one attached hydrogen (secondary N) is 4. The van der Waals surface area contributed by atoms with Gasteiger partial charge >= 0.3 is 12.2 Å². The first-order valence-corrected chi connectivity index (χ1v) is 18.4. The lowest BCUT2D eigenvalue weighted by Gasteiger charge is -2.25. The summed E-state index contributed by atoms with van der Waals surface area (Å²) in [6, 6.07) is 6.20. The molecule has 2 rings (SSSR count). The molecule has 4 N–H and O–H groups in total.